The van der Waals surface area contributed by atoms with Gasteiger partial charge in [0.2, 0.25) is 5.95 Å². The minimum Gasteiger partial charge on any atom is -0.711 e. The highest BCUT2D eigenvalue weighted by molar-refractivity contribution is 6.33. The predicted octanol–water partition coefficient (Wildman–Crippen LogP) is 0.705. The highest BCUT2D eigenvalue weighted by atomic mass is 35.5. The lowest BCUT2D eigenvalue weighted by molar-refractivity contribution is -0.600. The first-order chi connectivity index (χ1) is 10.4. The largest absolute Gasteiger partial charge is 0.711 e. The van der Waals surface area contributed by atoms with E-state index >= 15 is 0 Å². The minimum absolute atomic E-state index is 0.0322. The number of aromatic nitrogens is 6. The van der Waals surface area contributed by atoms with Gasteiger partial charge in [-0.3, -0.25) is 0 Å². The van der Waals surface area contributed by atoms with Crippen molar-refractivity contribution in [1.82, 2.24) is 25.0 Å². The number of hydrogen-bond acceptors (Lipinski definition) is 7. The SMILES string of the molecule is COc1c(C)c[n+]([O-])c(-n2nnc3c(Cl)nc(N)nc32)c1C. The van der Waals surface area contributed by atoms with Gasteiger partial charge in [-0.2, -0.15) is 9.97 Å². The molecular weight excluding hydrogens is 310 g/mol. The first-order valence-electron chi connectivity index (χ1n) is 6.26. The summed E-state index contributed by atoms with van der Waals surface area (Å²) in [5.74, 6) is 0.758. The van der Waals surface area contributed by atoms with Crippen LogP contribution in [0.3, 0.4) is 0 Å². The molecule has 0 saturated heterocycles. The Labute approximate surface area is 129 Å². The van der Waals surface area contributed by atoms with Crippen molar-refractivity contribution in [2.24, 2.45) is 0 Å². The maximum absolute atomic E-state index is 12.3. The van der Waals surface area contributed by atoms with E-state index in [-0.39, 0.29) is 28.1 Å². The zero-order valence-corrected chi connectivity index (χ0v) is 12.8. The van der Waals surface area contributed by atoms with Crippen molar-refractivity contribution in [3.63, 3.8) is 0 Å². The number of nitrogens with two attached hydrogens (primary N) is 1. The highest BCUT2D eigenvalue weighted by Crippen LogP contribution is 2.27. The maximum Gasteiger partial charge on any atom is 0.320 e. The van der Waals surface area contributed by atoms with E-state index in [4.69, 9.17) is 22.1 Å². The number of nitrogens with zero attached hydrogens (tertiary/aromatic N) is 6. The van der Waals surface area contributed by atoms with Gasteiger partial charge in [-0.25, -0.2) is 4.73 Å². The molecule has 22 heavy (non-hydrogen) atoms. The van der Waals surface area contributed by atoms with E-state index in [9.17, 15) is 5.21 Å². The molecule has 0 aromatic carbocycles. The predicted molar refractivity (Wildman–Crippen MR) is 78.9 cm³/mol. The van der Waals surface area contributed by atoms with Gasteiger partial charge in [0.25, 0.3) is 5.65 Å². The van der Waals surface area contributed by atoms with Crippen LogP contribution in [0.15, 0.2) is 6.20 Å². The van der Waals surface area contributed by atoms with Crippen LogP contribution in [0.2, 0.25) is 5.15 Å². The second-order valence-corrected chi connectivity index (χ2v) is 5.02. The summed E-state index contributed by atoms with van der Waals surface area (Å²) in [6, 6.07) is 0. The molecule has 0 aliphatic carbocycles. The van der Waals surface area contributed by atoms with Gasteiger partial charge in [0.05, 0.1) is 12.7 Å². The normalized spacial score (nSPS) is 11.1. The Balaban J connectivity index is 2.38. The van der Waals surface area contributed by atoms with Crippen LogP contribution in [0.4, 0.5) is 5.95 Å². The lowest BCUT2D eigenvalue weighted by atomic mass is 10.2. The Bertz CT molecular complexity index is 893. The fourth-order valence-corrected chi connectivity index (χ4v) is 2.57. The fraction of sp³-hybridized carbons (Fsp3) is 0.250. The first-order valence-corrected chi connectivity index (χ1v) is 6.64. The van der Waals surface area contributed by atoms with Crippen molar-refractivity contribution in [3.8, 4) is 11.6 Å². The Morgan fingerprint density at radius 2 is 2.09 bits per heavy atom. The van der Waals surface area contributed by atoms with Gasteiger partial charge in [-0.1, -0.05) is 16.3 Å². The molecule has 0 fully saturated rings. The number of anilines is 1. The van der Waals surface area contributed by atoms with Crippen molar-refractivity contribution in [3.05, 3.63) is 27.7 Å². The molecule has 0 atom stereocenters. The second kappa shape index (κ2) is 4.95. The lowest BCUT2D eigenvalue weighted by Gasteiger charge is -2.14. The molecule has 3 heterocycles. The van der Waals surface area contributed by atoms with Crippen molar-refractivity contribution >= 4 is 28.7 Å². The number of fused-ring (bicyclic) bond motifs is 1. The van der Waals surface area contributed by atoms with Gasteiger partial charge in [0.15, 0.2) is 10.7 Å². The second-order valence-electron chi connectivity index (χ2n) is 4.67. The number of methoxy groups -OCH3 is 1. The number of hydrogen-bond donors (Lipinski definition) is 1. The average Bonchev–Trinajstić information content (AvgIpc) is 2.83. The molecule has 3 rings (SSSR count). The van der Waals surface area contributed by atoms with Crippen LogP contribution in [0.25, 0.3) is 17.0 Å². The lowest BCUT2D eigenvalue weighted by Crippen LogP contribution is -2.34. The van der Waals surface area contributed by atoms with E-state index in [0.717, 1.165) is 0 Å². The molecule has 0 unspecified atom stereocenters. The van der Waals surface area contributed by atoms with Gasteiger partial charge in [-0.15, -0.1) is 5.10 Å². The van der Waals surface area contributed by atoms with Crippen LogP contribution in [-0.2, 0) is 0 Å². The van der Waals surface area contributed by atoms with Gasteiger partial charge < -0.3 is 15.7 Å². The summed E-state index contributed by atoms with van der Waals surface area (Å²) >= 11 is 5.97. The molecule has 0 aliphatic rings. The van der Waals surface area contributed by atoms with Crippen LogP contribution in [-0.4, -0.2) is 32.1 Å². The quantitative estimate of drug-likeness (QED) is 0.419. The van der Waals surface area contributed by atoms with Crippen LogP contribution in [0.5, 0.6) is 5.75 Å². The van der Waals surface area contributed by atoms with Crippen LogP contribution in [0, 0.1) is 19.1 Å². The third-order valence-corrected chi connectivity index (χ3v) is 3.50. The summed E-state index contributed by atoms with van der Waals surface area (Å²) < 4.78 is 7.27. The summed E-state index contributed by atoms with van der Waals surface area (Å²) in [7, 11) is 1.53. The van der Waals surface area contributed by atoms with Crippen molar-refractivity contribution < 1.29 is 9.47 Å². The molecule has 3 aromatic heterocycles. The summed E-state index contributed by atoms with van der Waals surface area (Å²) in [6.07, 6.45) is 1.39. The molecule has 3 aromatic rings. The number of halogens is 1. The number of rotatable bonds is 2. The summed E-state index contributed by atoms with van der Waals surface area (Å²) in [6.45, 7) is 3.52. The topological polar surface area (TPSA) is 119 Å². The third-order valence-electron chi connectivity index (χ3n) is 3.23. The number of pyridine rings is 1. The van der Waals surface area contributed by atoms with Crippen LogP contribution >= 0.6 is 11.6 Å². The molecule has 9 nitrogen and oxygen atoms in total. The zero-order valence-electron chi connectivity index (χ0n) is 12.0. The van der Waals surface area contributed by atoms with E-state index < -0.39 is 0 Å². The van der Waals surface area contributed by atoms with E-state index in [0.29, 0.717) is 21.6 Å². The molecule has 2 N–H and O–H groups in total. The fourth-order valence-electron chi connectivity index (χ4n) is 2.36. The van der Waals surface area contributed by atoms with Gasteiger partial charge in [0.1, 0.15) is 11.9 Å². The molecule has 0 aliphatic heterocycles. The average molecular weight is 322 g/mol. The van der Waals surface area contributed by atoms with Gasteiger partial charge >= 0.3 is 5.82 Å². The van der Waals surface area contributed by atoms with E-state index in [1.807, 2.05) is 0 Å². The molecule has 114 valence electrons. The molecule has 0 radical (unpaired) electrons. The van der Waals surface area contributed by atoms with Crippen molar-refractivity contribution in [2.45, 2.75) is 13.8 Å². The number of aryl methyl sites for hydroxylation is 1. The van der Waals surface area contributed by atoms with Crippen molar-refractivity contribution in [2.75, 3.05) is 12.8 Å². The van der Waals surface area contributed by atoms with Crippen LogP contribution in [0.1, 0.15) is 11.1 Å². The Hall–Kier alpha value is -2.68. The molecule has 0 spiro atoms. The first kappa shape index (κ1) is 14.3. The monoisotopic (exact) mass is 321 g/mol. The molecular formula is C12H12ClN7O2. The van der Waals surface area contributed by atoms with E-state index in [2.05, 4.69) is 20.3 Å². The number of ether oxygens (including phenoxy) is 1. The molecule has 0 saturated carbocycles. The Morgan fingerprint density at radius 3 is 2.77 bits per heavy atom. The third kappa shape index (κ3) is 1.98. The summed E-state index contributed by atoms with van der Waals surface area (Å²) in [5.41, 5.74) is 7.41. The van der Waals surface area contributed by atoms with Crippen LogP contribution < -0.4 is 15.2 Å². The smallest absolute Gasteiger partial charge is 0.320 e. The standard InChI is InChI=1S/C12H12ClN7O2/c1-5-4-19(21)11(6(2)8(5)22-3)20-10-7(17-18-20)9(13)15-12(14)16-10/h4H,1-3H3,(H2,14,15,16). The molecule has 0 amide bonds. The van der Waals surface area contributed by atoms with Gasteiger partial charge in [0, 0.05) is 10.8 Å². The summed E-state index contributed by atoms with van der Waals surface area (Å²) in [5, 5.41) is 20.2. The summed E-state index contributed by atoms with van der Waals surface area (Å²) in [4.78, 5) is 7.87. The minimum atomic E-state index is -0.0322. The zero-order chi connectivity index (χ0) is 16.0. The number of nitrogen functional groups attached to an aromatic ring is 1. The van der Waals surface area contributed by atoms with E-state index in [1.165, 1.54) is 18.0 Å². The Kier molecular flexibility index (Phi) is 3.21. The van der Waals surface area contributed by atoms with Crippen molar-refractivity contribution in [1.29, 1.82) is 0 Å². The highest BCUT2D eigenvalue weighted by Gasteiger charge is 2.26. The molecule has 0 bridgehead atoms. The van der Waals surface area contributed by atoms with E-state index in [1.54, 1.807) is 13.8 Å². The Morgan fingerprint density at radius 1 is 1.36 bits per heavy atom. The maximum atomic E-state index is 12.3. The molecule has 10 heteroatoms. The van der Waals surface area contributed by atoms with Gasteiger partial charge in [-0.05, 0) is 13.8 Å².